The molecule has 1 aromatic carbocycles. The molecule has 0 heterocycles. The van der Waals surface area contributed by atoms with Gasteiger partial charge < -0.3 is 13.8 Å². The molecule has 0 spiro atoms. The molecule has 0 radical (unpaired) electrons. The van der Waals surface area contributed by atoms with E-state index in [9.17, 15) is 8.42 Å². The quantitative estimate of drug-likeness (QED) is 0.477. The van der Waals surface area contributed by atoms with Gasteiger partial charge in [-0.2, -0.15) is 13.6 Å². The molecule has 34 heavy (non-hydrogen) atoms. The fourth-order valence-electron chi connectivity index (χ4n) is 7.78. The highest BCUT2D eigenvalue weighted by Gasteiger charge is 2.55. The number of rotatable bonds is 10. The zero-order valence-corrected chi connectivity index (χ0v) is 22.3. The van der Waals surface area contributed by atoms with Crippen molar-refractivity contribution < 1.29 is 17.3 Å². The number of fused-ring (bicyclic) bond motifs is 5. The number of likely N-dealkylation sites (N-methyl/N-ethyl adjacent to an activating group) is 1. The number of nitrogens with zero attached hydrogens (tertiary/aromatic N) is 1. The number of benzene rings is 1. The largest absolute Gasteiger partial charge is 0.380 e. The topological polar surface area (TPSA) is 81.9 Å². The Hall–Kier alpha value is -1.15. The molecule has 0 bridgehead atoms. The van der Waals surface area contributed by atoms with Gasteiger partial charge in [-0.15, -0.1) is 0 Å². The van der Waals surface area contributed by atoms with Gasteiger partial charge in [0.1, 0.15) is 5.75 Å². The van der Waals surface area contributed by atoms with Crippen LogP contribution < -0.4 is 9.32 Å². The second-order valence-corrected chi connectivity index (χ2v) is 12.3. The van der Waals surface area contributed by atoms with Crippen LogP contribution in [0.2, 0.25) is 0 Å². The van der Waals surface area contributed by atoms with Crippen molar-refractivity contribution in [2.45, 2.75) is 72.1 Å². The van der Waals surface area contributed by atoms with E-state index in [0.717, 1.165) is 51.1 Å². The predicted molar refractivity (Wildman–Crippen MR) is 136 cm³/mol. The van der Waals surface area contributed by atoms with Crippen LogP contribution in [0, 0.1) is 29.1 Å². The highest BCUT2D eigenvalue weighted by atomic mass is 32.2. The van der Waals surface area contributed by atoms with E-state index in [1.54, 1.807) is 6.07 Å². The summed E-state index contributed by atoms with van der Waals surface area (Å²) < 4.78 is 33.8. The van der Waals surface area contributed by atoms with Crippen molar-refractivity contribution in [3.63, 3.8) is 0 Å². The first kappa shape index (κ1) is 25.9. The van der Waals surface area contributed by atoms with Gasteiger partial charge in [0.2, 0.25) is 0 Å². The second-order valence-electron chi connectivity index (χ2n) is 11.2. The summed E-state index contributed by atoms with van der Waals surface area (Å²) in [6.07, 6.45) is 7.29. The lowest BCUT2D eigenvalue weighted by Crippen LogP contribution is -2.45. The van der Waals surface area contributed by atoms with Gasteiger partial charge in [-0.25, -0.2) is 0 Å². The SMILES string of the molecule is CCN(CC)CCOCC[C@H]1CCC2C3C(CCC21C)c1ccc(OS(N)(=O)=O)cc1C[C@H]3C. The van der Waals surface area contributed by atoms with Crippen molar-refractivity contribution in [2.75, 3.05) is 32.8 Å². The van der Waals surface area contributed by atoms with Gasteiger partial charge in [0.25, 0.3) is 0 Å². The minimum Gasteiger partial charge on any atom is -0.380 e. The zero-order chi connectivity index (χ0) is 24.5. The third kappa shape index (κ3) is 5.32. The van der Waals surface area contributed by atoms with E-state index in [0.29, 0.717) is 28.9 Å². The average Bonchev–Trinajstić information content (AvgIpc) is 3.11. The van der Waals surface area contributed by atoms with E-state index in [4.69, 9.17) is 14.1 Å². The molecule has 6 atom stereocenters. The molecular formula is C27H44N2O4S. The Bertz CT molecular complexity index is 948. The van der Waals surface area contributed by atoms with E-state index in [1.165, 1.54) is 43.2 Å². The van der Waals surface area contributed by atoms with Crippen LogP contribution >= 0.6 is 0 Å². The van der Waals surface area contributed by atoms with Crippen molar-refractivity contribution in [3.05, 3.63) is 29.3 Å². The summed E-state index contributed by atoms with van der Waals surface area (Å²) in [7, 11) is -4.00. The van der Waals surface area contributed by atoms with Gasteiger partial charge in [-0.3, -0.25) is 0 Å². The van der Waals surface area contributed by atoms with Gasteiger partial charge in [0.15, 0.2) is 0 Å². The van der Waals surface area contributed by atoms with Crippen LogP contribution in [-0.4, -0.2) is 46.2 Å². The molecule has 0 amide bonds. The Morgan fingerprint density at radius 3 is 2.62 bits per heavy atom. The Morgan fingerprint density at radius 1 is 1.15 bits per heavy atom. The van der Waals surface area contributed by atoms with E-state index in [2.05, 4.69) is 38.7 Å². The molecule has 0 aromatic heterocycles. The summed E-state index contributed by atoms with van der Waals surface area (Å²) in [6.45, 7) is 14.3. The fourth-order valence-corrected chi connectivity index (χ4v) is 8.16. The van der Waals surface area contributed by atoms with E-state index in [-0.39, 0.29) is 0 Å². The molecule has 192 valence electrons. The van der Waals surface area contributed by atoms with Crippen LogP contribution in [0.5, 0.6) is 5.75 Å². The zero-order valence-electron chi connectivity index (χ0n) is 21.5. The molecule has 3 aliphatic rings. The standard InChI is InChI=1S/C27H44N2O4S/c1-5-29(6-2)14-16-32-15-12-21-7-10-25-26-19(3)17-20-18-22(33-34(28,30)31)8-9-23(20)24(26)11-13-27(21,25)4/h8-9,18-19,21,24-26H,5-7,10-17H2,1-4H3,(H2,28,30,31)/t19-,21-,24?,25?,26?,27?/m1/s1. The van der Waals surface area contributed by atoms with Gasteiger partial charge in [0.05, 0.1) is 6.61 Å². The Balaban J connectivity index is 1.41. The molecule has 4 unspecified atom stereocenters. The van der Waals surface area contributed by atoms with Crippen molar-refractivity contribution in [1.29, 1.82) is 0 Å². The second kappa shape index (κ2) is 10.5. The maximum absolute atomic E-state index is 11.4. The third-order valence-electron chi connectivity index (χ3n) is 9.51. The first-order chi connectivity index (χ1) is 16.2. The Kier molecular flexibility index (Phi) is 7.97. The minimum absolute atomic E-state index is 0.328. The summed E-state index contributed by atoms with van der Waals surface area (Å²) in [6, 6.07) is 5.77. The molecule has 2 N–H and O–H groups in total. The first-order valence-electron chi connectivity index (χ1n) is 13.3. The van der Waals surface area contributed by atoms with Crippen molar-refractivity contribution in [2.24, 2.45) is 34.2 Å². The molecule has 6 nitrogen and oxygen atoms in total. The highest BCUT2D eigenvalue weighted by Crippen LogP contribution is 2.64. The van der Waals surface area contributed by atoms with Crippen LogP contribution in [0.3, 0.4) is 0 Å². The molecule has 7 heteroatoms. The maximum atomic E-state index is 11.4. The van der Waals surface area contributed by atoms with E-state index >= 15 is 0 Å². The monoisotopic (exact) mass is 492 g/mol. The van der Waals surface area contributed by atoms with E-state index in [1.807, 2.05) is 6.07 Å². The maximum Gasteiger partial charge on any atom is 0.380 e. The molecule has 2 fully saturated rings. The van der Waals surface area contributed by atoms with Gasteiger partial charge in [-0.1, -0.05) is 33.8 Å². The van der Waals surface area contributed by atoms with Crippen molar-refractivity contribution in [1.82, 2.24) is 4.90 Å². The van der Waals surface area contributed by atoms with Crippen molar-refractivity contribution >= 4 is 10.3 Å². The average molecular weight is 493 g/mol. The predicted octanol–water partition coefficient (Wildman–Crippen LogP) is 4.74. The fraction of sp³-hybridized carbons (Fsp3) is 0.778. The van der Waals surface area contributed by atoms with Crippen molar-refractivity contribution in [3.8, 4) is 5.75 Å². The minimum atomic E-state index is -4.00. The van der Waals surface area contributed by atoms with Crippen LogP contribution in [0.25, 0.3) is 0 Å². The van der Waals surface area contributed by atoms with Crippen LogP contribution in [0.15, 0.2) is 18.2 Å². The molecular weight excluding hydrogens is 448 g/mol. The van der Waals surface area contributed by atoms with E-state index < -0.39 is 10.3 Å². The van der Waals surface area contributed by atoms with Crippen LogP contribution in [0.1, 0.15) is 76.8 Å². The molecule has 1 aromatic rings. The van der Waals surface area contributed by atoms with Crippen LogP contribution in [0.4, 0.5) is 0 Å². The number of ether oxygens (including phenoxy) is 1. The lowest BCUT2D eigenvalue weighted by molar-refractivity contribution is -0.00511. The van der Waals surface area contributed by atoms with Gasteiger partial charge in [-0.05, 0) is 110 Å². The third-order valence-corrected chi connectivity index (χ3v) is 9.94. The summed E-state index contributed by atoms with van der Waals surface area (Å²) >= 11 is 0. The highest BCUT2D eigenvalue weighted by molar-refractivity contribution is 7.84. The lowest BCUT2D eigenvalue weighted by atomic mass is 9.51. The lowest BCUT2D eigenvalue weighted by Gasteiger charge is -2.53. The van der Waals surface area contributed by atoms with Gasteiger partial charge in [0, 0.05) is 13.2 Å². The Labute approximate surface area is 206 Å². The first-order valence-corrected chi connectivity index (χ1v) is 14.8. The summed E-state index contributed by atoms with van der Waals surface area (Å²) in [4.78, 5) is 2.42. The molecule has 4 rings (SSSR count). The number of nitrogens with two attached hydrogens (primary N) is 1. The van der Waals surface area contributed by atoms with Crippen LogP contribution in [-0.2, 0) is 21.5 Å². The molecule has 0 saturated heterocycles. The normalized spacial score (nSPS) is 32.8. The number of hydrogen-bond acceptors (Lipinski definition) is 5. The molecule has 0 aliphatic heterocycles. The van der Waals surface area contributed by atoms with Gasteiger partial charge >= 0.3 is 10.3 Å². The summed E-state index contributed by atoms with van der Waals surface area (Å²) in [5, 5.41) is 5.08. The molecule has 2 saturated carbocycles. The number of hydrogen-bond donors (Lipinski definition) is 1. The Morgan fingerprint density at radius 2 is 1.91 bits per heavy atom. The summed E-state index contributed by atoms with van der Waals surface area (Å²) in [5.74, 6) is 3.68. The smallest absolute Gasteiger partial charge is 0.380 e. The summed E-state index contributed by atoms with van der Waals surface area (Å²) in [5.41, 5.74) is 3.04. The molecule has 3 aliphatic carbocycles.